The molecule has 1 rings (SSSR count). The van der Waals surface area contributed by atoms with E-state index in [1.165, 1.54) is 12.1 Å². The molecular weight excluding hydrogens is 209 g/mol. The molecule has 0 fully saturated rings. The fourth-order valence-corrected chi connectivity index (χ4v) is 1.15. The highest BCUT2D eigenvalue weighted by molar-refractivity contribution is 5.83. The SMILES string of the molecule is CCCNC(=O)C(C)Nc1ccc(F)cn1. The Labute approximate surface area is 94.3 Å². The van der Waals surface area contributed by atoms with Gasteiger partial charge in [0.15, 0.2) is 0 Å². The van der Waals surface area contributed by atoms with Gasteiger partial charge in [-0.25, -0.2) is 9.37 Å². The van der Waals surface area contributed by atoms with Crippen LogP contribution in [0, 0.1) is 5.82 Å². The topological polar surface area (TPSA) is 54.0 Å². The fraction of sp³-hybridized carbons (Fsp3) is 0.455. The van der Waals surface area contributed by atoms with Crippen LogP contribution in [0.25, 0.3) is 0 Å². The van der Waals surface area contributed by atoms with Gasteiger partial charge in [-0.05, 0) is 25.5 Å². The molecule has 4 nitrogen and oxygen atoms in total. The van der Waals surface area contributed by atoms with E-state index in [0.29, 0.717) is 12.4 Å². The maximum Gasteiger partial charge on any atom is 0.242 e. The van der Waals surface area contributed by atoms with E-state index in [2.05, 4.69) is 15.6 Å². The van der Waals surface area contributed by atoms with Crippen molar-refractivity contribution in [3.63, 3.8) is 0 Å². The van der Waals surface area contributed by atoms with E-state index in [1.54, 1.807) is 6.92 Å². The molecule has 0 aliphatic heterocycles. The Morgan fingerprint density at radius 3 is 2.88 bits per heavy atom. The Kier molecular flexibility index (Phi) is 4.69. The van der Waals surface area contributed by atoms with E-state index in [0.717, 1.165) is 12.6 Å². The van der Waals surface area contributed by atoms with E-state index in [9.17, 15) is 9.18 Å². The molecule has 0 aliphatic rings. The summed E-state index contributed by atoms with van der Waals surface area (Å²) in [5, 5.41) is 5.65. The van der Waals surface area contributed by atoms with Gasteiger partial charge in [0.25, 0.3) is 0 Å². The van der Waals surface area contributed by atoms with Gasteiger partial charge in [0.1, 0.15) is 17.7 Å². The van der Waals surface area contributed by atoms with Crippen LogP contribution >= 0.6 is 0 Å². The Morgan fingerprint density at radius 2 is 2.31 bits per heavy atom. The van der Waals surface area contributed by atoms with Crippen molar-refractivity contribution < 1.29 is 9.18 Å². The van der Waals surface area contributed by atoms with Gasteiger partial charge in [0.05, 0.1) is 6.20 Å². The molecular formula is C11H16FN3O. The lowest BCUT2D eigenvalue weighted by atomic mass is 10.3. The van der Waals surface area contributed by atoms with Crippen molar-refractivity contribution in [1.29, 1.82) is 0 Å². The molecule has 5 heteroatoms. The predicted octanol–water partition coefficient (Wildman–Crippen LogP) is 1.55. The number of hydrogen-bond donors (Lipinski definition) is 2. The van der Waals surface area contributed by atoms with Crippen LogP contribution in [0.15, 0.2) is 18.3 Å². The molecule has 1 heterocycles. The summed E-state index contributed by atoms with van der Waals surface area (Å²) < 4.78 is 12.6. The summed E-state index contributed by atoms with van der Waals surface area (Å²) in [4.78, 5) is 15.3. The van der Waals surface area contributed by atoms with Gasteiger partial charge in [-0.1, -0.05) is 6.92 Å². The number of anilines is 1. The molecule has 88 valence electrons. The van der Waals surface area contributed by atoms with Crippen molar-refractivity contribution in [2.45, 2.75) is 26.3 Å². The zero-order chi connectivity index (χ0) is 12.0. The van der Waals surface area contributed by atoms with E-state index >= 15 is 0 Å². The zero-order valence-electron chi connectivity index (χ0n) is 9.46. The van der Waals surface area contributed by atoms with Gasteiger partial charge >= 0.3 is 0 Å². The third-order valence-corrected chi connectivity index (χ3v) is 2.03. The van der Waals surface area contributed by atoms with Crippen LogP contribution in [-0.4, -0.2) is 23.5 Å². The van der Waals surface area contributed by atoms with Crippen LogP contribution in [0.1, 0.15) is 20.3 Å². The number of nitrogens with one attached hydrogen (secondary N) is 2. The maximum atomic E-state index is 12.6. The van der Waals surface area contributed by atoms with Crippen molar-refractivity contribution in [2.75, 3.05) is 11.9 Å². The third-order valence-electron chi connectivity index (χ3n) is 2.03. The number of nitrogens with zero attached hydrogens (tertiary/aromatic N) is 1. The van der Waals surface area contributed by atoms with Gasteiger partial charge in [-0.15, -0.1) is 0 Å². The largest absolute Gasteiger partial charge is 0.359 e. The van der Waals surface area contributed by atoms with Crippen LogP contribution in [0.5, 0.6) is 0 Å². The standard InChI is InChI=1S/C11H16FN3O/c1-3-6-13-11(16)8(2)15-10-5-4-9(12)7-14-10/h4-5,7-8H,3,6H2,1-2H3,(H,13,16)(H,14,15). The molecule has 0 aromatic carbocycles. The highest BCUT2D eigenvalue weighted by atomic mass is 19.1. The molecule has 0 aliphatic carbocycles. The first kappa shape index (κ1) is 12.4. The van der Waals surface area contributed by atoms with E-state index < -0.39 is 5.82 Å². The molecule has 0 saturated heterocycles. The normalized spacial score (nSPS) is 11.9. The summed E-state index contributed by atoms with van der Waals surface area (Å²) in [5.74, 6) is 0.00200. The Bertz CT molecular complexity index is 340. The second-order valence-corrected chi connectivity index (χ2v) is 3.52. The van der Waals surface area contributed by atoms with Gasteiger partial charge in [0, 0.05) is 6.54 Å². The minimum atomic E-state index is -0.395. The number of pyridine rings is 1. The second kappa shape index (κ2) is 6.05. The summed E-state index contributed by atoms with van der Waals surface area (Å²) in [6.07, 6.45) is 2.01. The van der Waals surface area contributed by atoms with Crippen molar-refractivity contribution in [1.82, 2.24) is 10.3 Å². The second-order valence-electron chi connectivity index (χ2n) is 3.52. The first-order valence-electron chi connectivity index (χ1n) is 5.29. The highest BCUT2D eigenvalue weighted by Gasteiger charge is 2.11. The Morgan fingerprint density at radius 1 is 1.56 bits per heavy atom. The summed E-state index contributed by atoms with van der Waals surface area (Å²) in [7, 11) is 0. The lowest BCUT2D eigenvalue weighted by molar-refractivity contribution is -0.121. The minimum absolute atomic E-state index is 0.0898. The summed E-state index contributed by atoms with van der Waals surface area (Å²) in [6.45, 7) is 4.37. The molecule has 1 aromatic rings. The molecule has 0 bridgehead atoms. The van der Waals surface area contributed by atoms with Crippen LogP contribution in [0.4, 0.5) is 10.2 Å². The monoisotopic (exact) mass is 225 g/mol. The number of carbonyl (C=O) groups excluding carboxylic acids is 1. The molecule has 1 unspecified atom stereocenters. The maximum absolute atomic E-state index is 12.6. The summed E-state index contributed by atoms with van der Waals surface area (Å²) >= 11 is 0. The number of rotatable bonds is 5. The molecule has 1 atom stereocenters. The average Bonchev–Trinajstić information content (AvgIpc) is 2.29. The van der Waals surface area contributed by atoms with Gasteiger partial charge in [0.2, 0.25) is 5.91 Å². The Hall–Kier alpha value is -1.65. The predicted molar refractivity (Wildman–Crippen MR) is 60.6 cm³/mol. The van der Waals surface area contributed by atoms with Gasteiger partial charge < -0.3 is 10.6 Å². The highest BCUT2D eigenvalue weighted by Crippen LogP contribution is 2.05. The third kappa shape index (κ3) is 3.84. The van der Waals surface area contributed by atoms with E-state index in [4.69, 9.17) is 0 Å². The van der Waals surface area contributed by atoms with E-state index in [1.807, 2.05) is 6.92 Å². The minimum Gasteiger partial charge on any atom is -0.359 e. The zero-order valence-corrected chi connectivity index (χ0v) is 9.46. The quantitative estimate of drug-likeness (QED) is 0.799. The smallest absolute Gasteiger partial charge is 0.242 e. The van der Waals surface area contributed by atoms with Crippen LogP contribution in [-0.2, 0) is 4.79 Å². The van der Waals surface area contributed by atoms with Gasteiger partial charge in [-0.2, -0.15) is 0 Å². The van der Waals surface area contributed by atoms with Crippen molar-refractivity contribution in [3.05, 3.63) is 24.1 Å². The van der Waals surface area contributed by atoms with Crippen LogP contribution < -0.4 is 10.6 Å². The first-order chi connectivity index (χ1) is 7.63. The number of carbonyl (C=O) groups is 1. The molecule has 0 radical (unpaired) electrons. The summed E-state index contributed by atoms with van der Waals surface area (Å²) in [6, 6.07) is 2.41. The van der Waals surface area contributed by atoms with Crippen molar-refractivity contribution >= 4 is 11.7 Å². The van der Waals surface area contributed by atoms with Gasteiger partial charge in [-0.3, -0.25) is 4.79 Å². The first-order valence-corrected chi connectivity index (χ1v) is 5.29. The molecule has 1 amide bonds. The molecule has 2 N–H and O–H groups in total. The van der Waals surface area contributed by atoms with Crippen LogP contribution in [0.3, 0.4) is 0 Å². The lowest BCUT2D eigenvalue weighted by Gasteiger charge is -2.13. The number of halogens is 1. The van der Waals surface area contributed by atoms with Crippen molar-refractivity contribution in [3.8, 4) is 0 Å². The molecule has 0 saturated carbocycles. The van der Waals surface area contributed by atoms with Crippen molar-refractivity contribution in [2.24, 2.45) is 0 Å². The molecule has 16 heavy (non-hydrogen) atoms. The van der Waals surface area contributed by atoms with Crippen LogP contribution in [0.2, 0.25) is 0 Å². The average molecular weight is 225 g/mol. The molecule has 0 spiro atoms. The Balaban J connectivity index is 2.47. The van der Waals surface area contributed by atoms with E-state index in [-0.39, 0.29) is 11.9 Å². The number of aromatic nitrogens is 1. The molecule has 1 aromatic heterocycles. The number of amides is 1. The fourth-order valence-electron chi connectivity index (χ4n) is 1.15. The number of hydrogen-bond acceptors (Lipinski definition) is 3. The summed E-state index contributed by atoms with van der Waals surface area (Å²) in [5.41, 5.74) is 0. The lowest BCUT2D eigenvalue weighted by Crippen LogP contribution is -2.38.